The van der Waals surface area contributed by atoms with Crippen LogP contribution >= 0.6 is 11.6 Å². The Hall–Kier alpha value is -3.05. The summed E-state index contributed by atoms with van der Waals surface area (Å²) in [7, 11) is 0. The minimum Gasteiger partial charge on any atom is -0.303 e. The van der Waals surface area contributed by atoms with Gasteiger partial charge in [0.05, 0.1) is 22.8 Å². The molecule has 0 amide bonds. The van der Waals surface area contributed by atoms with Crippen LogP contribution in [0.2, 0.25) is 5.02 Å². The van der Waals surface area contributed by atoms with Gasteiger partial charge in [-0.1, -0.05) is 48.6 Å². The van der Waals surface area contributed by atoms with Crippen molar-refractivity contribution in [2.75, 3.05) is 19.6 Å². The Morgan fingerprint density at radius 2 is 1.79 bits per heavy atom. The number of nitrogens with zero attached hydrogens (tertiary/aromatic N) is 4. The van der Waals surface area contributed by atoms with Crippen molar-refractivity contribution >= 4 is 11.6 Å². The van der Waals surface area contributed by atoms with Gasteiger partial charge in [-0.3, -0.25) is 4.68 Å². The third-order valence-corrected chi connectivity index (χ3v) is 8.76. The molecule has 2 aromatic carbocycles. The summed E-state index contributed by atoms with van der Waals surface area (Å²) in [6.45, 7) is 11.1. The second-order valence-electron chi connectivity index (χ2n) is 11.4. The third kappa shape index (κ3) is 6.15. The van der Waals surface area contributed by atoms with Crippen LogP contribution in [0, 0.1) is 54.8 Å². The van der Waals surface area contributed by atoms with Crippen molar-refractivity contribution in [2.45, 2.75) is 59.4 Å². The maximum Gasteiger partial charge on any atom is 0.101 e. The van der Waals surface area contributed by atoms with Gasteiger partial charge in [0.25, 0.3) is 0 Å². The highest BCUT2D eigenvalue weighted by Gasteiger charge is 2.25. The summed E-state index contributed by atoms with van der Waals surface area (Å²) in [6.07, 6.45) is 6.49. The van der Waals surface area contributed by atoms with E-state index in [0.29, 0.717) is 23.0 Å². The molecule has 1 unspecified atom stereocenters. The molecule has 1 atom stereocenters. The van der Waals surface area contributed by atoms with Gasteiger partial charge in [0.1, 0.15) is 6.07 Å². The molecular formula is C33H37ClN4. The molecule has 0 bridgehead atoms. The van der Waals surface area contributed by atoms with Crippen LogP contribution < -0.4 is 0 Å². The molecule has 4 nitrogen and oxygen atoms in total. The van der Waals surface area contributed by atoms with Crippen LogP contribution in [0.5, 0.6) is 0 Å². The molecule has 1 saturated heterocycles. The van der Waals surface area contributed by atoms with E-state index in [4.69, 9.17) is 22.0 Å². The topological polar surface area (TPSA) is 44.9 Å². The minimum absolute atomic E-state index is 0.457. The zero-order valence-electron chi connectivity index (χ0n) is 22.8. The Morgan fingerprint density at radius 1 is 1.03 bits per heavy atom. The number of benzene rings is 2. The maximum absolute atomic E-state index is 9.16. The molecule has 5 heteroatoms. The molecule has 196 valence electrons. The van der Waals surface area contributed by atoms with Gasteiger partial charge >= 0.3 is 0 Å². The van der Waals surface area contributed by atoms with E-state index in [0.717, 1.165) is 39.9 Å². The van der Waals surface area contributed by atoms with Crippen molar-refractivity contribution in [3.05, 3.63) is 75.4 Å². The monoisotopic (exact) mass is 524 g/mol. The van der Waals surface area contributed by atoms with E-state index in [2.05, 4.69) is 67.8 Å². The van der Waals surface area contributed by atoms with Crippen molar-refractivity contribution < 1.29 is 0 Å². The lowest BCUT2D eigenvalue weighted by Crippen LogP contribution is -2.29. The summed E-state index contributed by atoms with van der Waals surface area (Å²) in [5, 5.41) is 14.5. The zero-order chi connectivity index (χ0) is 26.6. The highest BCUT2D eigenvalue weighted by atomic mass is 35.5. The van der Waals surface area contributed by atoms with Crippen LogP contribution in [0.1, 0.15) is 67.0 Å². The second kappa shape index (κ2) is 11.8. The number of nitriles is 1. The van der Waals surface area contributed by atoms with E-state index in [1.165, 1.54) is 57.3 Å². The maximum atomic E-state index is 9.16. The standard InChI is InChI=1S/C33H37ClN4/c1-23-16-17-37(20-23)21-28-10-6-26(7-11-28)4-5-27-8-12-29(13-9-27)22-38-25(3)24(2)33(36-38)30-14-15-31(19-35)32(34)18-30/h8-9,12-15,18,23,26,28H,6-7,10-11,16-17,20-22H2,1-3H3/t23?,26-,28-. The molecule has 1 aliphatic heterocycles. The van der Waals surface area contributed by atoms with Gasteiger partial charge in [-0.15, -0.1) is 0 Å². The smallest absolute Gasteiger partial charge is 0.101 e. The number of halogens is 1. The van der Waals surface area contributed by atoms with Gasteiger partial charge in [0.15, 0.2) is 0 Å². The lowest BCUT2D eigenvalue weighted by atomic mass is 9.82. The van der Waals surface area contributed by atoms with Crippen LogP contribution in [0.4, 0.5) is 0 Å². The highest BCUT2D eigenvalue weighted by Crippen LogP contribution is 2.31. The first-order chi connectivity index (χ1) is 18.4. The van der Waals surface area contributed by atoms with Gasteiger partial charge in [-0.05, 0) is 99.7 Å². The Bertz CT molecular complexity index is 1380. The minimum atomic E-state index is 0.457. The summed E-state index contributed by atoms with van der Waals surface area (Å²) in [6, 6.07) is 16.2. The third-order valence-electron chi connectivity index (χ3n) is 8.45. The Balaban J connectivity index is 1.18. The number of hydrogen-bond donors (Lipinski definition) is 0. The molecule has 0 spiro atoms. The molecule has 5 rings (SSSR count). The van der Waals surface area contributed by atoms with Crippen LogP contribution in [0.15, 0.2) is 42.5 Å². The van der Waals surface area contributed by atoms with Crippen LogP contribution in [0.3, 0.4) is 0 Å². The first-order valence-corrected chi connectivity index (χ1v) is 14.3. The van der Waals surface area contributed by atoms with E-state index in [9.17, 15) is 0 Å². The molecule has 38 heavy (non-hydrogen) atoms. The quantitative estimate of drug-likeness (QED) is 0.330. The molecule has 3 aromatic rings. The average molecular weight is 525 g/mol. The Morgan fingerprint density at radius 3 is 2.45 bits per heavy atom. The van der Waals surface area contributed by atoms with Gasteiger partial charge in [0.2, 0.25) is 0 Å². The Kier molecular flexibility index (Phi) is 8.23. The van der Waals surface area contributed by atoms with Crippen molar-refractivity contribution in [3.8, 4) is 29.2 Å². The van der Waals surface area contributed by atoms with Crippen molar-refractivity contribution in [1.82, 2.24) is 14.7 Å². The molecule has 2 heterocycles. The first-order valence-electron chi connectivity index (χ1n) is 14.0. The summed E-state index contributed by atoms with van der Waals surface area (Å²) in [5.74, 6) is 9.28. The Labute approximate surface area is 232 Å². The fraction of sp³-hybridized carbons (Fsp3) is 0.455. The van der Waals surface area contributed by atoms with Gasteiger partial charge < -0.3 is 4.90 Å². The lowest BCUT2D eigenvalue weighted by molar-refractivity contribution is 0.216. The molecular weight excluding hydrogens is 488 g/mol. The summed E-state index contributed by atoms with van der Waals surface area (Å²) in [5.41, 5.74) is 6.84. The molecule has 2 aliphatic rings. The summed E-state index contributed by atoms with van der Waals surface area (Å²) in [4.78, 5) is 2.68. The van der Waals surface area contributed by atoms with Gasteiger partial charge in [-0.25, -0.2) is 0 Å². The number of hydrogen-bond acceptors (Lipinski definition) is 3. The molecule has 1 saturated carbocycles. The van der Waals surface area contributed by atoms with Crippen molar-refractivity contribution in [3.63, 3.8) is 0 Å². The van der Waals surface area contributed by atoms with Crippen molar-refractivity contribution in [2.24, 2.45) is 17.8 Å². The van der Waals surface area contributed by atoms with Crippen LogP contribution in [0.25, 0.3) is 11.3 Å². The van der Waals surface area contributed by atoms with Crippen LogP contribution in [-0.2, 0) is 6.54 Å². The SMILES string of the molecule is Cc1c(-c2ccc(C#N)c(Cl)c2)nn(Cc2ccc(C#C[C@H]3CC[C@H](CN4CCC(C)C4)CC3)cc2)c1C. The number of rotatable bonds is 5. The van der Waals surface area contributed by atoms with Crippen LogP contribution in [-0.4, -0.2) is 34.3 Å². The fourth-order valence-corrected chi connectivity index (χ4v) is 6.14. The fourth-order valence-electron chi connectivity index (χ4n) is 5.92. The van der Waals surface area contributed by atoms with E-state index in [1.807, 2.05) is 16.8 Å². The predicted molar refractivity (Wildman–Crippen MR) is 155 cm³/mol. The van der Waals surface area contributed by atoms with E-state index >= 15 is 0 Å². The highest BCUT2D eigenvalue weighted by molar-refractivity contribution is 6.32. The zero-order valence-corrected chi connectivity index (χ0v) is 23.6. The number of aromatic nitrogens is 2. The average Bonchev–Trinajstić information content (AvgIpc) is 3.46. The van der Waals surface area contributed by atoms with E-state index < -0.39 is 0 Å². The normalized spacial score (nSPS) is 21.6. The molecule has 0 N–H and O–H groups in total. The first kappa shape index (κ1) is 26.6. The largest absolute Gasteiger partial charge is 0.303 e. The molecule has 2 fully saturated rings. The van der Waals surface area contributed by atoms with E-state index in [1.54, 1.807) is 6.07 Å². The predicted octanol–water partition coefficient (Wildman–Crippen LogP) is 7.24. The summed E-state index contributed by atoms with van der Waals surface area (Å²) < 4.78 is 2.04. The summed E-state index contributed by atoms with van der Waals surface area (Å²) >= 11 is 6.27. The number of likely N-dealkylation sites (tertiary alicyclic amines) is 1. The van der Waals surface area contributed by atoms with Gasteiger partial charge in [0, 0.05) is 35.8 Å². The van der Waals surface area contributed by atoms with Gasteiger partial charge in [-0.2, -0.15) is 10.4 Å². The lowest BCUT2D eigenvalue weighted by Gasteiger charge is -2.29. The van der Waals surface area contributed by atoms with E-state index in [-0.39, 0.29) is 0 Å². The molecule has 1 aliphatic carbocycles. The molecule has 1 aromatic heterocycles. The molecule has 0 radical (unpaired) electrons. The second-order valence-corrected chi connectivity index (χ2v) is 11.8. The van der Waals surface area contributed by atoms with Crippen molar-refractivity contribution in [1.29, 1.82) is 5.26 Å².